The lowest BCUT2D eigenvalue weighted by Crippen LogP contribution is -2.50. The molecule has 0 spiro atoms. The second-order valence-corrected chi connectivity index (χ2v) is 10.1. The van der Waals surface area contributed by atoms with E-state index in [4.69, 9.17) is 0 Å². The SMILES string of the molecule is CNC(=O)[C@H](Cc1ccccc1)N1C(=O)CC(CSc2ccc(NO)c(C)c2CC(C)C)C1=O. The first-order chi connectivity index (χ1) is 16.3. The molecule has 34 heavy (non-hydrogen) atoms. The molecule has 3 rings (SSSR count). The summed E-state index contributed by atoms with van der Waals surface area (Å²) < 4.78 is 0. The van der Waals surface area contributed by atoms with E-state index in [9.17, 15) is 19.6 Å². The van der Waals surface area contributed by atoms with Crippen LogP contribution >= 0.6 is 11.8 Å². The van der Waals surface area contributed by atoms with Gasteiger partial charge in [-0.15, -0.1) is 11.8 Å². The maximum absolute atomic E-state index is 13.3. The van der Waals surface area contributed by atoms with Crippen molar-refractivity contribution < 1.29 is 19.6 Å². The van der Waals surface area contributed by atoms with Crippen LogP contribution in [0.3, 0.4) is 0 Å². The zero-order valence-electron chi connectivity index (χ0n) is 20.1. The van der Waals surface area contributed by atoms with Crippen LogP contribution in [0.15, 0.2) is 47.4 Å². The lowest BCUT2D eigenvalue weighted by Gasteiger charge is -2.25. The Morgan fingerprint density at radius 2 is 1.85 bits per heavy atom. The molecule has 0 aliphatic carbocycles. The number of thioether (sulfide) groups is 1. The lowest BCUT2D eigenvalue weighted by atomic mass is 9.97. The normalized spacial score (nSPS) is 16.8. The summed E-state index contributed by atoms with van der Waals surface area (Å²) in [5, 5.41) is 12.0. The van der Waals surface area contributed by atoms with Crippen molar-refractivity contribution >= 4 is 35.2 Å². The van der Waals surface area contributed by atoms with Crippen LogP contribution in [0.2, 0.25) is 0 Å². The van der Waals surface area contributed by atoms with E-state index in [0.29, 0.717) is 17.4 Å². The average molecular weight is 484 g/mol. The number of likely N-dealkylation sites (N-methyl/N-ethyl adjacent to an activating group) is 1. The second-order valence-electron chi connectivity index (χ2n) is 9.06. The number of rotatable bonds is 10. The van der Waals surface area contributed by atoms with Crippen molar-refractivity contribution in [3.05, 3.63) is 59.2 Å². The van der Waals surface area contributed by atoms with E-state index in [-0.39, 0.29) is 30.6 Å². The Kier molecular flexibility index (Phi) is 8.74. The molecule has 2 aromatic carbocycles. The molecule has 1 fully saturated rings. The highest BCUT2D eigenvalue weighted by molar-refractivity contribution is 7.99. The maximum atomic E-state index is 13.3. The summed E-state index contributed by atoms with van der Waals surface area (Å²) in [7, 11) is 1.52. The summed E-state index contributed by atoms with van der Waals surface area (Å²) in [6.07, 6.45) is 1.22. The number of nitrogens with one attached hydrogen (secondary N) is 2. The highest BCUT2D eigenvalue weighted by Crippen LogP contribution is 2.35. The monoisotopic (exact) mass is 483 g/mol. The van der Waals surface area contributed by atoms with Gasteiger partial charge >= 0.3 is 0 Å². The number of likely N-dealkylation sites (tertiary alicyclic amines) is 1. The van der Waals surface area contributed by atoms with Gasteiger partial charge in [0, 0.05) is 30.5 Å². The number of hydrogen-bond acceptors (Lipinski definition) is 6. The van der Waals surface area contributed by atoms with Crippen LogP contribution in [0.5, 0.6) is 0 Å². The van der Waals surface area contributed by atoms with Gasteiger partial charge in [-0.05, 0) is 48.1 Å². The van der Waals surface area contributed by atoms with Crippen LogP contribution in [0.1, 0.15) is 37.0 Å². The van der Waals surface area contributed by atoms with E-state index in [1.165, 1.54) is 7.05 Å². The van der Waals surface area contributed by atoms with Gasteiger partial charge in [0.05, 0.1) is 11.6 Å². The first-order valence-electron chi connectivity index (χ1n) is 11.5. The fourth-order valence-corrected chi connectivity index (χ4v) is 5.54. The van der Waals surface area contributed by atoms with E-state index in [1.807, 2.05) is 49.4 Å². The van der Waals surface area contributed by atoms with Crippen LogP contribution in [-0.2, 0) is 27.2 Å². The van der Waals surface area contributed by atoms with Crippen molar-refractivity contribution in [1.29, 1.82) is 0 Å². The van der Waals surface area contributed by atoms with Gasteiger partial charge in [-0.25, -0.2) is 0 Å². The predicted molar refractivity (Wildman–Crippen MR) is 134 cm³/mol. The first kappa shape index (κ1) is 25.8. The summed E-state index contributed by atoms with van der Waals surface area (Å²) in [6, 6.07) is 12.3. The van der Waals surface area contributed by atoms with Crippen molar-refractivity contribution in [2.45, 2.75) is 51.0 Å². The Morgan fingerprint density at radius 3 is 2.47 bits per heavy atom. The molecule has 1 unspecified atom stereocenters. The second kappa shape index (κ2) is 11.5. The summed E-state index contributed by atoms with van der Waals surface area (Å²) in [6.45, 7) is 6.23. The molecule has 1 aliphatic heterocycles. The summed E-state index contributed by atoms with van der Waals surface area (Å²) >= 11 is 1.55. The molecule has 0 bridgehead atoms. The zero-order chi connectivity index (χ0) is 24.8. The molecular formula is C26H33N3O4S. The van der Waals surface area contributed by atoms with E-state index in [2.05, 4.69) is 24.6 Å². The van der Waals surface area contributed by atoms with Gasteiger partial charge in [0.2, 0.25) is 17.7 Å². The van der Waals surface area contributed by atoms with Crippen molar-refractivity contribution in [3.63, 3.8) is 0 Å². The molecule has 2 atom stereocenters. The van der Waals surface area contributed by atoms with Crippen LogP contribution in [0.25, 0.3) is 0 Å². The number of carbonyl (C=O) groups is 3. The van der Waals surface area contributed by atoms with Gasteiger partial charge in [-0.2, -0.15) is 0 Å². The van der Waals surface area contributed by atoms with Crippen LogP contribution < -0.4 is 10.8 Å². The van der Waals surface area contributed by atoms with Crippen LogP contribution in [0.4, 0.5) is 5.69 Å². The number of imide groups is 1. The number of hydrogen-bond donors (Lipinski definition) is 3. The Morgan fingerprint density at radius 1 is 1.15 bits per heavy atom. The smallest absolute Gasteiger partial charge is 0.243 e. The van der Waals surface area contributed by atoms with E-state index in [0.717, 1.165) is 32.9 Å². The van der Waals surface area contributed by atoms with Crippen LogP contribution in [0, 0.1) is 18.8 Å². The molecule has 2 aromatic rings. The van der Waals surface area contributed by atoms with Crippen LogP contribution in [-0.4, -0.2) is 46.7 Å². The Balaban J connectivity index is 1.78. The summed E-state index contributed by atoms with van der Waals surface area (Å²) in [5.74, 6) is -0.563. The number of benzene rings is 2. The summed E-state index contributed by atoms with van der Waals surface area (Å²) in [4.78, 5) is 41.0. The van der Waals surface area contributed by atoms with E-state index in [1.54, 1.807) is 11.8 Å². The Bertz CT molecular complexity index is 1040. The summed E-state index contributed by atoms with van der Waals surface area (Å²) in [5.41, 5.74) is 5.89. The molecule has 0 aromatic heterocycles. The van der Waals surface area contributed by atoms with E-state index >= 15 is 0 Å². The van der Waals surface area contributed by atoms with E-state index < -0.39 is 12.0 Å². The van der Waals surface area contributed by atoms with Crippen molar-refractivity contribution in [3.8, 4) is 0 Å². The largest absolute Gasteiger partial charge is 0.357 e. The molecule has 1 heterocycles. The molecule has 3 amide bonds. The first-order valence-corrected chi connectivity index (χ1v) is 12.5. The molecule has 182 valence electrons. The molecule has 1 saturated heterocycles. The van der Waals surface area contributed by atoms with Gasteiger partial charge in [-0.3, -0.25) is 30.0 Å². The third-order valence-electron chi connectivity index (χ3n) is 6.14. The third-order valence-corrected chi connectivity index (χ3v) is 7.40. The quantitative estimate of drug-likeness (QED) is 0.270. The van der Waals surface area contributed by atoms with Gasteiger partial charge < -0.3 is 5.32 Å². The molecule has 8 heteroatoms. The highest BCUT2D eigenvalue weighted by Gasteiger charge is 2.44. The average Bonchev–Trinajstić information content (AvgIpc) is 3.10. The van der Waals surface area contributed by atoms with Gasteiger partial charge in [0.25, 0.3) is 0 Å². The van der Waals surface area contributed by atoms with Crippen molar-refractivity contribution in [2.24, 2.45) is 11.8 Å². The molecule has 0 radical (unpaired) electrons. The molecule has 3 N–H and O–H groups in total. The molecular weight excluding hydrogens is 450 g/mol. The number of anilines is 1. The number of carbonyl (C=O) groups excluding carboxylic acids is 3. The minimum Gasteiger partial charge on any atom is -0.357 e. The standard InChI is InChI=1S/C26H33N3O4S/c1-16(2)12-20-17(3)21(28-33)10-11-23(20)34-15-19-14-24(30)29(26(19)32)22(25(31)27-4)13-18-8-6-5-7-9-18/h5-11,16,19,22,28,33H,12-15H2,1-4H3,(H,27,31)/t19?,22-/m0/s1. The predicted octanol–water partition coefficient (Wildman–Crippen LogP) is 3.82. The topological polar surface area (TPSA) is 98.7 Å². The Labute approximate surface area is 205 Å². The van der Waals surface area contributed by atoms with Crippen molar-refractivity contribution in [1.82, 2.24) is 10.2 Å². The minimum absolute atomic E-state index is 0.100. The lowest BCUT2D eigenvalue weighted by molar-refractivity contribution is -0.147. The Hall–Kier alpha value is -2.84. The zero-order valence-corrected chi connectivity index (χ0v) is 20.9. The number of nitrogens with zero attached hydrogens (tertiary/aromatic N) is 1. The molecule has 1 aliphatic rings. The number of amides is 3. The molecule has 7 nitrogen and oxygen atoms in total. The molecule has 0 saturated carbocycles. The maximum Gasteiger partial charge on any atom is 0.243 e. The van der Waals surface area contributed by atoms with Gasteiger partial charge in [0.15, 0.2) is 0 Å². The fourth-order valence-electron chi connectivity index (χ4n) is 4.32. The highest BCUT2D eigenvalue weighted by atomic mass is 32.2. The van der Waals surface area contributed by atoms with Crippen molar-refractivity contribution in [2.75, 3.05) is 18.3 Å². The van der Waals surface area contributed by atoms with Gasteiger partial charge in [-0.1, -0.05) is 44.2 Å². The fraction of sp³-hybridized carbons (Fsp3) is 0.423. The van der Waals surface area contributed by atoms with Gasteiger partial charge in [0.1, 0.15) is 6.04 Å². The third kappa shape index (κ3) is 5.80. The minimum atomic E-state index is -0.865.